The summed E-state index contributed by atoms with van der Waals surface area (Å²) in [6.45, 7) is 45.4. The minimum absolute atomic E-state index is 0.0867. The molecule has 0 aromatic rings. The highest BCUT2D eigenvalue weighted by molar-refractivity contribution is 6.91. The van der Waals surface area contributed by atoms with Crippen molar-refractivity contribution in [2.24, 2.45) is 0 Å². The van der Waals surface area contributed by atoms with E-state index in [0.29, 0.717) is 43.7 Å². The average Bonchev–Trinajstić information content (AvgIpc) is 2.86. The Hall–Kier alpha value is 0.545. The number of aliphatic hydroxyl groups is 2. The van der Waals surface area contributed by atoms with Gasteiger partial charge in [-0.15, -0.1) is 0 Å². The zero-order valence-corrected chi connectivity index (χ0v) is 46.6. The Morgan fingerprint density at radius 3 is 1.00 bits per heavy atom. The fourth-order valence-electron chi connectivity index (χ4n) is 5.77. The van der Waals surface area contributed by atoms with Crippen LogP contribution in [-0.2, 0) is 39.0 Å². The molecule has 0 radical (unpaired) electrons. The van der Waals surface area contributed by atoms with Gasteiger partial charge in [-0.2, -0.15) is 0 Å². The molecule has 0 aliphatic rings. The summed E-state index contributed by atoms with van der Waals surface area (Å²) in [6.07, 6.45) is 0.0359. The third-order valence-electron chi connectivity index (χ3n) is 6.77. The molecule has 0 aliphatic carbocycles. The van der Waals surface area contributed by atoms with Gasteiger partial charge in [-0.1, -0.05) is 6.58 Å². The quantitative estimate of drug-likeness (QED) is 0.0364. The molecule has 2 unspecified atom stereocenters. The van der Waals surface area contributed by atoms with Gasteiger partial charge in [0.1, 0.15) is 0 Å². The third-order valence-corrected chi connectivity index (χ3v) is 30.9. The average molecular weight is 921 g/mol. The summed E-state index contributed by atoms with van der Waals surface area (Å²) in [5.41, 5.74) is 0.352. The van der Waals surface area contributed by atoms with Gasteiger partial charge in [0.15, 0.2) is 49.9 Å². The van der Waals surface area contributed by atoms with E-state index in [9.17, 15) is 15.0 Å². The lowest BCUT2D eigenvalue weighted by Gasteiger charge is -2.43. The second-order valence-electron chi connectivity index (χ2n) is 20.7. The first-order valence-corrected chi connectivity index (χ1v) is 44.4. The smallest absolute Gasteiger partial charge is 0.417 e. The van der Waals surface area contributed by atoms with E-state index < -0.39 is 85.8 Å². The lowest BCUT2D eigenvalue weighted by molar-refractivity contribution is -0.118. The molecule has 0 aromatic heterocycles. The molecule has 20 heteroatoms. The highest BCUT2D eigenvalue weighted by Crippen LogP contribution is 2.31. The van der Waals surface area contributed by atoms with Crippen molar-refractivity contribution in [3.05, 3.63) is 12.2 Å². The molecule has 0 aromatic carbocycles. The standard InChI is InChI=1S/C35H85NO11Si8/c1-31(2)35(39)36-32(27-33(37)29-40-23-21-25-54(42-48(3,4)5,43-49(6,7)8)44-50(9,10)11)28-34(38)30-41-24-22-26-55(45-51(12,13)14,46-52(15,16)17)47-53(18,19)20/h32-34,37-38H,1,21-30H2,2-20H3,(H,36,39). The van der Waals surface area contributed by atoms with Crippen LogP contribution in [-0.4, -0.2) is 128 Å². The van der Waals surface area contributed by atoms with E-state index >= 15 is 0 Å². The summed E-state index contributed by atoms with van der Waals surface area (Å²) in [5.74, 6) is -0.326. The number of hydrogen-bond donors (Lipinski definition) is 3. The van der Waals surface area contributed by atoms with E-state index in [0.717, 1.165) is 0 Å². The van der Waals surface area contributed by atoms with E-state index in [2.05, 4.69) is 130 Å². The monoisotopic (exact) mass is 919 g/mol. The van der Waals surface area contributed by atoms with Gasteiger partial charge < -0.3 is 49.7 Å². The van der Waals surface area contributed by atoms with Crippen LogP contribution in [0.3, 0.4) is 0 Å². The van der Waals surface area contributed by atoms with E-state index in [1.165, 1.54) is 0 Å². The molecule has 0 bridgehead atoms. The second kappa shape index (κ2) is 23.0. The fourth-order valence-corrected chi connectivity index (χ4v) is 35.0. The maximum Gasteiger partial charge on any atom is 0.469 e. The normalized spacial score (nSPS) is 15.9. The number of aliphatic hydroxyl groups excluding tert-OH is 2. The van der Waals surface area contributed by atoms with Gasteiger partial charge in [0, 0.05) is 36.9 Å². The fraction of sp³-hybridized carbons (Fsp3) is 0.914. The second-order valence-corrected chi connectivity index (χ2v) is 54.7. The van der Waals surface area contributed by atoms with E-state index in [4.69, 9.17) is 34.2 Å². The lowest BCUT2D eigenvalue weighted by atomic mass is 10.0. The topological polar surface area (TPSA) is 143 Å². The van der Waals surface area contributed by atoms with Crippen LogP contribution in [0, 0.1) is 0 Å². The van der Waals surface area contributed by atoms with Crippen molar-refractivity contribution >= 4 is 73.4 Å². The Bertz CT molecular complexity index is 989. The first-order chi connectivity index (χ1) is 24.4. The molecule has 12 nitrogen and oxygen atoms in total. The van der Waals surface area contributed by atoms with Gasteiger partial charge in [-0.3, -0.25) is 4.79 Å². The van der Waals surface area contributed by atoms with Gasteiger partial charge in [0.2, 0.25) is 5.91 Å². The van der Waals surface area contributed by atoms with Gasteiger partial charge in [0.25, 0.3) is 0 Å². The van der Waals surface area contributed by atoms with E-state index in [1.54, 1.807) is 6.92 Å². The molecule has 0 heterocycles. The summed E-state index contributed by atoms with van der Waals surface area (Å²) in [4.78, 5) is 12.6. The molecule has 0 rings (SSSR count). The summed E-state index contributed by atoms with van der Waals surface area (Å²) in [7, 11) is -17.8. The van der Waals surface area contributed by atoms with Crippen LogP contribution in [0.15, 0.2) is 12.2 Å². The SMILES string of the molecule is C=C(C)C(=O)NC(CC(O)COCCC[Si](O[Si](C)(C)C)(O[Si](C)(C)C)O[Si](C)(C)C)CC(O)COCCC[Si](O[Si](C)(C)C)(O[Si](C)(C)C)O[Si](C)(C)C. The molecule has 55 heavy (non-hydrogen) atoms. The zero-order valence-electron chi connectivity index (χ0n) is 38.6. The Morgan fingerprint density at radius 1 is 0.527 bits per heavy atom. The van der Waals surface area contributed by atoms with Crippen LogP contribution in [0.2, 0.25) is 130 Å². The van der Waals surface area contributed by atoms with Crippen molar-refractivity contribution in [1.82, 2.24) is 5.32 Å². The van der Waals surface area contributed by atoms with Crippen LogP contribution in [0.25, 0.3) is 0 Å². The van der Waals surface area contributed by atoms with Gasteiger partial charge >= 0.3 is 17.6 Å². The Labute approximate surface area is 345 Å². The number of ether oxygens (including phenoxy) is 2. The molecule has 0 saturated heterocycles. The lowest BCUT2D eigenvalue weighted by Crippen LogP contribution is -2.60. The number of carbonyl (C=O) groups is 1. The van der Waals surface area contributed by atoms with Crippen molar-refractivity contribution in [1.29, 1.82) is 0 Å². The van der Waals surface area contributed by atoms with Crippen LogP contribution in [0.5, 0.6) is 0 Å². The predicted molar refractivity (Wildman–Crippen MR) is 247 cm³/mol. The van der Waals surface area contributed by atoms with Crippen molar-refractivity contribution < 1.29 is 49.2 Å². The molecule has 1 amide bonds. The highest BCUT2D eigenvalue weighted by Gasteiger charge is 2.51. The van der Waals surface area contributed by atoms with Crippen molar-refractivity contribution in [3.63, 3.8) is 0 Å². The molecule has 0 saturated carbocycles. The Balaban J connectivity index is 5.42. The molecule has 3 N–H and O–H groups in total. The maximum absolute atomic E-state index is 12.6. The van der Waals surface area contributed by atoms with Crippen molar-refractivity contribution in [2.45, 2.75) is 181 Å². The van der Waals surface area contributed by atoms with Gasteiger partial charge in [-0.05, 0) is 150 Å². The number of amides is 1. The molecule has 0 aliphatic heterocycles. The number of rotatable bonds is 30. The summed E-state index contributed by atoms with van der Waals surface area (Å²) in [6, 6.07) is 0.787. The van der Waals surface area contributed by atoms with Gasteiger partial charge in [-0.25, -0.2) is 0 Å². The minimum atomic E-state index is -2.97. The molecule has 2 atom stereocenters. The summed E-state index contributed by atoms with van der Waals surface area (Å²) >= 11 is 0. The van der Waals surface area contributed by atoms with Crippen LogP contribution >= 0.6 is 0 Å². The molecular formula is C35H85NO11Si8. The summed E-state index contributed by atoms with van der Waals surface area (Å²) in [5, 5.41) is 24.9. The van der Waals surface area contributed by atoms with Crippen molar-refractivity contribution in [3.8, 4) is 0 Å². The minimum Gasteiger partial charge on any atom is -0.417 e. The van der Waals surface area contributed by atoms with E-state index in [1.807, 2.05) is 0 Å². The largest absolute Gasteiger partial charge is 0.469 e. The summed E-state index contributed by atoms with van der Waals surface area (Å²) < 4.78 is 52.5. The van der Waals surface area contributed by atoms with Crippen molar-refractivity contribution in [2.75, 3.05) is 26.4 Å². The van der Waals surface area contributed by atoms with E-state index in [-0.39, 0.29) is 32.0 Å². The predicted octanol–water partition coefficient (Wildman–Crippen LogP) is 8.35. The Morgan fingerprint density at radius 2 is 0.782 bits per heavy atom. The first kappa shape index (κ1) is 55.5. The Kier molecular flexibility index (Phi) is 23.2. The molecule has 0 spiro atoms. The molecular weight excluding hydrogens is 835 g/mol. The first-order valence-electron chi connectivity index (χ1n) is 20.1. The van der Waals surface area contributed by atoms with Crippen LogP contribution < -0.4 is 5.32 Å². The number of nitrogens with one attached hydrogen (secondary N) is 1. The highest BCUT2D eigenvalue weighted by atomic mass is 28.5. The van der Waals surface area contributed by atoms with Crippen LogP contribution in [0.1, 0.15) is 32.6 Å². The maximum atomic E-state index is 12.6. The molecule has 0 fully saturated rings. The van der Waals surface area contributed by atoms with Gasteiger partial charge in [0.05, 0.1) is 25.4 Å². The number of hydrogen-bond acceptors (Lipinski definition) is 11. The van der Waals surface area contributed by atoms with Crippen LogP contribution in [0.4, 0.5) is 0 Å². The zero-order chi connectivity index (χ0) is 43.3. The molecule has 328 valence electrons. The third kappa shape index (κ3) is 30.3. The number of carbonyl (C=O) groups excluding carboxylic acids is 1.